The van der Waals surface area contributed by atoms with Gasteiger partial charge in [0.25, 0.3) is 0 Å². The molecule has 6 aromatic rings. The van der Waals surface area contributed by atoms with Crippen molar-refractivity contribution in [2.75, 3.05) is 9.80 Å². The fourth-order valence-corrected chi connectivity index (χ4v) is 5.64. The second-order valence-corrected chi connectivity index (χ2v) is 9.96. The van der Waals surface area contributed by atoms with Crippen LogP contribution >= 0.6 is 0 Å². The summed E-state index contributed by atoms with van der Waals surface area (Å²) in [5, 5.41) is 0. The number of para-hydroxylation sites is 8. The van der Waals surface area contributed by atoms with Crippen molar-refractivity contribution in [3.05, 3.63) is 145 Å². The highest BCUT2D eigenvalue weighted by Crippen LogP contribution is 2.52. The standard InChI is InChI=1S/C36H22N4O2/c1-37-27-19-18-24(39-29-10-2-6-14-33(29)41-34-15-7-3-11-30(34)39)22-26(27)28-23-25(20-21-38-28)40-31-12-4-8-16-35(31)42-36-17-9-5-13-32(36)40/h2-23H. The Bertz CT molecular complexity index is 1960. The van der Waals surface area contributed by atoms with E-state index in [-0.39, 0.29) is 0 Å². The summed E-state index contributed by atoms with van der Waals surface area (Å²) < 4.78 is 12.4. The van der Waals surface area contributed by atoms with Crippen LogP contribution in [0, 0.1) is 6.57 Å². The summed E-state index contributed by atoms with van der Waals surface area (Å²) in [4.78, 5) is 13.0. The summed E-state index contributed by atoms with van der Waals surface area (Å²) in [5.41, 5.74) is 7.56. The van der Waals surface area contributed by atoms with Crippen LogP contribution in [0.25, 0.3) is 16.1 Å². The summed E-state index contributed by atoms with van der Waals surface area (Å²) in [6.45, 7) is 7.96. The number of rotatable bonds is 3. The molecule has 0 saturated heterocycles. The molecule has 0 aliphatic carbocycles. The summed E-state index contributed by atoms with van der Waals surface area (Å²) in [6.07, 6.45) is 1.80. The number of fused-ring (bicyclic) bond motifs is 4. The van der Waals surface area contributed by atoms with E-state index in [9.17, 15) is 0 Å². The van der Waals surface area contributed by atoms with Crippen LogP contribution in [0.1, 0.15) is 0 Å². The van der Waals surface area contributed by atoms with Crippen molar-refractivity contribution in [3.8, 4) is 34.3 Å². The molecule has 0 amide bonds. The lowest BCUT2D eigenvalue weighted by Crippen LogP contribution is -2.16. The highest BCUT2D eigenvalue weighted by atomic mass is 16.5. The van der Waals surface area contributed by atoms with Crippen LogP contribution in [0.2, 0.25) is 0 Å². The van der Waals surface area contributed by atoms with Gasteiger partial charge >= 0.3 is 0 Å². The maximum Gasteiger partial charge on any atom is 0.196 e. The fourth-order valence-electron chi connectivity index (χ4n) is 5.64. The van der Waals surface area contributed by atoms with E-state index in [4.69, 9.17) is 21.0 Å². The van der Waals surface area contributed by atoms with E-state index < -0.39 is 0 Å². The molecule has 0 saturated carbocycles. The van der Waals surface area contributed by atoms with E-state index in [1.54, 1.807) is 6.20 Å². The van der Waals surface area contributed by atoms with E-state index in [0.717, 1.165) is 62.7 Å². The zero-order valence-electron chi connectivity index (χ0n) is 22.3. The molecule has 3 heterocycles. The van der Waals surface area contributed by atoms with Crippen LogP contribution in [0.5, 0.6) is 23.0 Å². The fraction of sp³-hybridized carbons (Fsp3) is 0. The number of ether oxygens (including phenoxy) is 2. The Morgan fingerprint density at radius 1 is 0.524 bits per heavy atom. The normalized spacial score (nSPS) is 12.5. The Hall–Kier alpha value is -6.06. The monoisotopic (exact) mass is 542 g/mol. The molecule has 0 radical (unpaired) electrons. The largest absolute Gasteiger partial charge is 0.453 e. The lowest BCUT2D eigenvalue weighted by Gasteiger charge is -2.33. The second kappa shape index (κ2) is 9.54. The van der Waals surface area contributed by atoms with Gasteiger partial charge in [0.1, 0.15) is 0 Å². The first kappa shape index (κ1) is 23.8. The Morgan fingerprint density at radius 3 is 1.45 bits per heavy atom. The highest BCUT2D eigenvalue weighted by molar-refractivity contribution is 5.91. The second-order valence-electron chi connectivity index (χ2n) is 9.96. The third-order valence-electron chi connectivity index (χ3n) is 7.50. The average Bonchev–Trinajstić information content (AvgIpc) is 3.05. The molecular weight excluding hydrogens is 520 g/mol. The van der Waals surface area contributed by atoms with Gasteiger partial charge in [-0.1, -0.05) is 54.6 Å². The molecule has 1 aromatic heterocycles. The predicted octanol–water partition coefficient (Wildman–Crippen LogP) is 10.5. The van der Waals surface area contributed by atoms with Crippen molar-refractivity contribution in [2.45, 2.75) is 0 Å². The summed E-state index contributed by atoms with van der Waals surface area (Å²) in [6, 6.07) is 41.8. The van der Waals surface area contributed by atoms with Gasteiger partial charge in [-0.2, -0.15) is 0 Å². The van der Waals surface area contributed by atoms with Crippen LogP contribution < -0.4 is 19.3 Å². The average molecular weight is 543 g/mol. The zero-order valence-corrected chi connectivity index (χ0v) is 22.3. The predicted molar refractivity (Wildman–Crippen MR) is 165 cm³/mol. The Labute approximate surface area is 243 Å². The number of benzene rings is 5. The minimum Gasteiger partial charge on any atom is -0.453 e. The number of nitrogens with zero attached hydrogens (tertiary/aromatic N) is 4. The van der Waals surface area contributed by atoms with Crippen LogP contribution in [-0.4, -0.2) is 4.98 Å². The van der Waals surface area contributed by atoms with E-state index >= 15 is 0 Å². The Morgan fingerprint density at radius 2 is 0.976 bits per heavy atom. The van der Waals surface area contributed by atoms with Crippen molar-refractivity contribution in [2.24, 2.45) is 0 Å². The molecule has 6 heteroatoms. The van der Waals surface area contributed by atoms with Crippen molar-refractivity contribution < 1.29 is 9.47 Å². The van der Waals surface area contributed by atoms with Crippen molar-refractivity contribution in [1.82, 2.24) is 4.98 Å². The van der Waals surface area contributed by atoms with Crippen LogP contribution in [-0.2, 0) is 0 Å². The van der Waals surface area contributed by atoms with Gasteiger partial charge in [0.05, 0.1) is 40.7 Å². The molecule has 42 heavy (non-hydrogen) atoms. The van der Waals surface area contributed by atoms with Crippen molar-refractivity contribution in [3.63, 3.8) is 0 Å². The van der Waals surface area contributed by atoms with Crippen molar-refractivity contribution >= 4 is 39.8 Å². The quantitative estimate of drug-likeness (QED) is 0.208. The minimum atomic E-state index is 0.529. The third kappa shape index (κ3) is 3.76. The molecule has 2 aliphatic rings. The van der Waals surface area contributed by atoms with Crippen LogP contribution in [0.15, 0.2) is 134 Å². The molecule has 6 nitrogen and oxygen atoms in total. The molecule has 5 aromatic carbocycles. The van der Waals surface area contributed by atoms with Gasteiger partial charge in [-0.15, -0.1) is 0 Å². The first-order valence-electron chi connectivity index (χ1n) is 13.6. The first-order valence-corrected chi connectivity index (χ1v) is 13.6. The molecule has 0 spiro atoms. The highest BCUT2D eigenvalue weighted by Gasteiger charge is 2.28. The molecule has 0 unspecified atom stereocenters. The van der Waals surface area contributed by atoms with E-state index in [1.165, 1.54) is 0 Å². The summed E-state index contributed by atoms with van der Waals surface area (Å²) in [5.74, 6) is 3.11. The van der Waals surface area contributed by atoms with Gasteiger partial charge < -0.3 is 19.3 Å². The Kier molecular flexibility index (Phi) is 5.41. The van der Waals surface area contributed by atoms with Gasteiger partial charge in [0, 0.05) is 17.4 Å². The number of aromatic nitrogens is 1. The summed E-state index contributed by atoms with van der Waals surface area (Å²) >= 11 is 0. The number of anilines is 6. The first-order chi connectivity index (χ1) is 20.8. The Balaban J connectivity index is 1.28. The molecule has 0 N–H and O–H groups in total. The smallest absolute Gasteiger partial charge is 0.196 e. The van der Waals surface area contributed by atoms with Gasteiger partial charge in [-0.25, -0.2) is 4.85 Å². The molecule has 0 atom stereocenters. The maximum absolute atomic E-state index is 7.96. The molecular formula is C36H22N4O2. The maximum atomic E-state index is 7.96. The number of pyridine rings is 1. The minimum absolute atomic E-state index is 0.529. The van der Waals surface area contributed by atoms with E-state index in [1.807, 2.05) is 127 Å². The zero-order chi connectivity index (χ0) is 28.0. The lowest BCUT2D eigenvalue weighted by atomic mass is 10.0. The topological polar surface area (TPSA) is 42.2 Å². The van der Waals surface area contributed by atoms with Gasteiger partial charge in [-0.3, -0.25) is 4.98 Å². The van der Waals surface area contributed by atoms with E-state index in [0.29, 0.717) is 11.4 Å². The van der Waals surface area contributed by atoms with Crippen molar-refractivity contribution in [1.29, 1.82) is 0 Å². The molecule has 0 bridgehead atoms. The molecule has 0 fully saturated rings. The van der Waals surface area contributed by atoms with Crippen LogP contribution in [0.4, 0.5) is 39.8 Å². The van der Waals surface area contributed by atoms with Gasteiger partial charge in [-0.05, 0) is 72.8 Å². The SMILES string of the molecule is [C-]#[N+]c1ccc(N2c3ccccc3Oc3ccccc32)cc1-c1cc(N2c3ccccc3Oc3ccccc32)ccn1. The molecule has 198 valence electrons. The number of hydrogen-bond donors (Lipinski definition) is 0. The van der Waals surface area contributed by atoms with E-state index in [2.05, 4.69) is 14.6 Å². The lowest BCUT2D eigenvalue weighted by molar-refractivity contribution is 0.476. The number of hydrogen-bond acceptors (Lipinski definition) is 5. The third-order valence-corrected chi connectivity index (χ3v) is 7.50. The van der Waals surface area contributed by atoms with Gasteiger partial charge in [0.2, 0.25) is 0 Å². The van der Waals surface area contributed by atoms with Crippen LogP contribution in [0.3, 0.4) is 0 Å². The molecule has 8 rings (SSSR count). The molecule has 2 aliphatic heterocycles. The van der Waals surface area contributed by atoms with Gasteiger partial charge in [0.15, 0.2) is 28.7 Å². The summed E-state index contributed by atoms with van der Waals surface area (Å²) in [7, 11) is 0.